The van der Waals surface area contributed by atoms with Crippen LogP contribution in [0, 0.1) is 5.82 Å². The van der Waals surface area contributed by atoms with E-state index < -0.39 is 5.82 Å². The molecule has 1 fully saturated rings. The molecule has 0 aromatic heterocycles. The van der Waals surface area contributed by atoms with Gasteiger partial charge in [-0.15, -0.1) is 0 Å². The number of amides is 2. The number of carbonyl (C=O) groups is 2. The zero-order valence-corrected chi connectivity index (χ0v) is 16.0. The minimum absolute atomic E-state index is 0.0100. The van der Waals surface area contributed by atoms with Crippen LogP contribution < -0.4 is 9.47 Å². The highest BCUT2D eigenvalue weighted by atomic mass is 19.1. The number of benzene rings is 2. The Morgan fingerprint density at radius 1 is 0.964 bits per heavy atom. The third-order valence-corrected chi connectivity index (χ3v) is 4.81. The number of hydrogen-bond acceptors (Lipinski definition) is 4. The fourth-order valence-corrected chi connectivity index (χ4v) is 3.21. The van der Waals surface area contributed by atoms with Gasteiger partial charge in [0, 0.05) is 31.7 Å². The number of carbonyl (C=O) groups excluding carboxylic acids is 2. The molecule has 3 rings (SSSR count). The Morgan fingerprint density at radius 3 is 2.32 bits per heavy atom. The standard InChI is InChI=1S/C21H23FN2O4/c1-27-17-5-3-4-15(12-17)13-20(25)23-8-10-24(11-9-23)21(26)16-6-7-19(28-2)18(22)14-16/h3-7,12,14H,8-11,13H2,1-2H3. The van der Waals surface area contributed by atoms with Crippen LogP contribution in [0.25, 0.3) is 0 Å². The van der Waals surface area contributed by atoms with Crippen molar-refractivity contribution in [3.8, 4) is 11.5 Å². The highest BCUT2D eigenvalue weighted by Crippen LogP contribution is 2.19. The molecule has 1 heterocycles. The van der Waals surface area contributed by atoms with E-state index >= 15 is 0 Å². The number of hydrogen-bond donors (Lipinski definition) is 0. The largest absolute Gasteiger partial charge is 0.497 e. The number of methoxy groups -OCH3 is 2. The highest BCUT2D eigenvalue weighted by Gasteiger charge is 2.25. The third-order valence-electron chi connectivity index (χ3n) is 4.81. The molecule has 0 saturated carbocycles. The lowest BCUT2D eigenvalue weighted by atomic mass is 10.1. The van der Waals surface area contributed by atoms with E-state index in [0.717, 1.165) is 5.56 Å². The second-order valence-corrected chi connectivity index (χ2v) is 6.55. The van der Waals surface area contributed by atoms with Crippen molar-refractivity contribution in [2.75, 3.05) is 40.4 Å². The van der Waals surface area contributed by atoms with Crippen molar-refractivity contribution in [2.24, 2.45) is 0 Å². The van der Waals surface area contributed by atoms with Crippen molar-refractivity contribution >= 4 is 11.8 Å². The normalized spacial score (nSPS) is 14.0. The Balaban J connectivity index is 1.56. The van der Waals surface area contributed by atoms with Gasteiger partial charge in [0.25, 0.3) is 5.91 Å². The first-order chi connectivity index (χ1) is 13.5. The Morgan fingerprint density at radius 2 is 1.68 bits per heavy atom. The molecule has 148 valence electrons. The van der Waals surface area contributed by atoms with Gasteiger partial charge >= 0.3 is 0 Å². The average Bonchev–Trinajstić information content (AvgIpc) is 2.73. The van der Waals surface area contributed by atoms with E-state index in [9.17, 15) is 14.0 Å². The van der Waals surface area contributed by atoms with Crippen molar-refractivity contribution in [3.63, 3.8) is 0 Å². The number of piperazine rings is 1. The molecule has 2 amide bonds. The molecule has 0 atom stereocenters. The summed E-state index contributed by atoms with van der Waals surface area (Å²) in [5, 5.41) is 0. The van der Waals surface area contributed by atoms with Crippen LogP contribution in [0.2, 0.25) is 0 Å². The predicted molar refractivity (Wildman–Crippen MR) is 102 cm³/mol. The lowest BCUT2D eigenvalue weighted by Gasteiger charge is -2.35. The molecular weight excluding hydrogens is 363 g/mol. The van der Waals surface area contributed by atoms with E-state index in [4.69, 9.17) is 9.47 Å². The quantitative estimate of drug-likeness (QED) is 0.792. The fraction of sp³-hybridized carbons (Fsp3) is 0.333. The van der Waals surface area contributed by atoms with Crippen molar-refractivity contribution in [1.29, 1.82) is 0 Å². The smallest absolute Gasteiger partial charge is 0.254 e. The van der Waals surface area contributed by atoms with Crippen molar-refractivity contribution in [1.82, 2.24) is 9.80 Å². The number of ether oxygens (including phenoxy) is 2. The van der Waals surface area contributed by atoms with Crippen LogP contribution in [-0.2, 0) is 11.2 Å². The molecule has 1 aliphatic heterocycles. The van der Waals surface area contributed by atoms with Gasteiger partial charge in [0.05, 0.1) is 20.6 Å². The molecule has 7 heteroatoms. The molecular formula is C21H23FN2O4. The molecule has 0 aliphatic carbocycles. The van der Waals surface area contributed by atoms with E-state index in [1.165, 1.54) is 19.2 Å². The van der Waals surface area contributed by atoms with Crippen LogP contribution in [0.5, 0.6) is 11.5 Å². The third kappa shape index (κ3) is 4.42. The van der Waals surface area contributed by atoms with Gasteiger partial charge < -0.3 is 19.3 Å². The van der Waals surface area contributed by atoms with Gasteiger partial charge in [-0.25, -0.2) is 4.39 Å². The molecule has 0 N–H and O–H groups in total. The summed E-state index contributed by atoms with van der Waals surface area (Å²) >= 11 is 0. The maximum Gasteiger partial charge on any atom is 0.254 e. The predicted octanol–water partition coefficient (Wildman–Crippen LogP) is 2.37. The molecule has 28 heavy (non-hydrogen) atoms. The van der Waals surface area contributed by atoms with Crippen LogP contribution in [0.1, 0.15) is 15.9 Å². The first-order valence-electron chi connectivity index (χ1n) is 9.05. The maximum absolute atomic E-state index is 13.8. The van der Waals surface area contributed by atoms with Crippen molar-refractivity contribution in [2.45, 2.75) is 6.42 Å². The van der Waals surface area contributed by atoms with E-state index in [0.29, 0.717) is 31.9 Å². The summed E-state index contributed by atoms with van der Waals surface area (Å²) in [6.45, 7) is 1.73. The molecule has 1 aliphatic rings. The fourth-order valence-electron chi connectivity index (χ4n) is 3.21. The SMILES string of the molecule is COc1cccc(CC(=O)N2CCN(C(=O)c3ccc(OC)c(F)c3)CC2)c1. The van der Waals surface area contributed by atoms with Crippen LogP contribution in [0.4, 0.5) is 4.39 Å². The molecule has 0 radical (unpaired) electrons. The number of rotatable bonds is 5. The molecule has 2 aromatic carbocycles. The summed E-state index contributed by atoms with van der Waals surface area (Å²) in [6.07, 6.45) is 0.287. The van der Waals surface area contributed by atoms with Crippen LogP contribution in [-0.4, -0.2) is 62.0 Å². The summed E-state index contributed by atoms with van der Waals surface area (Å²) in [4.78, 5) is 28.5. The Hall–Kier alpha value is -3.09. The van der Waals surface area contributed by atoms with E-state index in [1.807, 2.05) is 24.3 Å². The first kappa shape index (κ1) is 19.7. The molecule has 2 aromatic rings. The van der Waals surface area contributed by atoms with E-state index in [1.54, 1.807) is 23.0 Å². The van der Waals surface area contributed by atoms with Gasteiger partial charge in [0.2, 0.25) is 5.91 Å². The summed E-state index contributed by atoms with van der Waals surface area (Å²) in [7, 11) is 2.97. The second kappa shape index (κ2) is 8.73. The van der Waals surface area contributed by atoms with Crippen LogP contribution >= 0.6 is 0 Å². The lowest BCUT2D eigenvalue weighted by Crippen LogP contribution is -2.51. The summed E-state index contributed by atoms with van der Waals surface area (Å²) < 4.78 is 23.9. The molecule has 0 bridgehead atoms. The van der Waals surface area contributed by atoms with Gasteiger partial charge in [-0.3, -0.25) is 9.59 Å². The van der Waals surface area contributed by atoms with Gasteiger partial charge in [-0.05, 0) is 35.9 Å². The molecule has 0 spiro atoms. The second-order valence-electron chi connectivity index (χ2n) is 6.55. The summed E-state index contributed by atoms with van der Waals surface area (Å²) in [6, 6.07) is 11.6. The van der Waals surface area contributed by atoms with Gasteiger partial charge in [0.15, 0.2) is 11.6 Å². The number of nitrogens with zero attached hydrogens (tertiary/aromatic N) is 2. The minimum atomic E-state index is -0.569. The van der Waals surface area contributed by atoms with Crippen LogP contribution in [0.15, 0.2) is 42.5 Å². The van der Waals surface area contributed by atoms with E-state index in [2.05, 4.69) is 0 Å². The van der Waals surface area contributed by atoms with Crippen LogP contribution in [0.3, 0.4) is 0 Å². The zero-order chi connectivity index (χ0) is 20.1. The van der Waals surface area contributed by atoms with E-state index in [-0.39, 0.29) is 29.5 Å². The molecule has 0 unspecified atom stereocenters. The minimum Gasteiger partial charge on any atom is -0.497 e. The van der Waals surface area contributed by atoms with Gasteiger partial charge in [0.1, 0.15) is 5.75 Å². The van der Waals surface area contributed by atoms with Gasteiger partial charge in [-0.1, -0.05) is 12.1 Å². The zero-order valence-electron chi connectivity index (χ0n) is 16.0. The Bertz CT molecular complexity index is 863. The highest BCUT2D eigenvalue weighted by molar-refractivity contribution is 5.94. The Kier molecular flexibility index (Phi) is 6.13. The first-order valence-corrected chi connectivity index (χ1v) is 9.05. The summed E-state index contributed by atoms with van der Waals surface area (Å²) in [5.74, 6) is 0.00897. The average molecular weight is 386 g/mol. The lowest BCUT2D eigenvalue weighted by molar-refractivity contribution is -0.131. The molecule has 1 saturated heterocycles. The van der Waals surface area contributed by atoms with Crippen molar-refractivity contribution < 1.29 is 23.5 Å². The topological polar surface area (TPSA) is 59.1 Å². The van der Waals surface area contributed by atoms with Crippen molar-refractivity contribution in [3.05, 3.63) is 59.4 Å². The monoisotopic (exact) mass is 386 g/mol. The maximum atomic E-state index is 13.8. The summed E-state index contributed by atoms with van der Waals surface area (Å²) in [5.41, 5.74) is 1.16. The number of halogens is 1. The molecule has 6 nitrogen and oxygen atoms in total. The Labute approximate surface area is 163 Å². The van der Waals surface area contributed by atoms with Gasteiger partial charge in [-0.2, -0.15) is 0 Å².